The van der Waals surface area contributed by atoms with Gasteiger partial charge in [0.25, 0.3) is 10.0 Å². The van der Waals surface area contributed by atoms with Crippen molar-refractivity contribution < 1.29 is 13.2 Å². The number of hydrogen-bond acceptors (Lipinski definition) is 6. The zero-order valence-electron chi connectivity index (χ0n) is 11.7. The van der Waals surface area contributed by atoms with E-state index in [9.17, 15) is 13.2 Å². The highest BCUT2D eigenvalue weighted by atomic mass is 32.2. The molecule has 116 valence electrons. The lowest BCUT2D eigenvalue weighted by Crippen LogP contribution is -2.45. The third-order valence-corrected chi connectivity index (χ3v) is 5.11. The van der Waals surface area contributed by atoms with Crippen LogP contribution in [-0.2, 0) is 14.8 Å². The molecule has 2 heterocycles. The summed E-state index contributed by atoms with van der Waals surface area (Å²) in [4.78, 5) is 16.2. The molecule has 0 fully saturated rings. The molecule has 0 aliphatic rings. The van der Waals surface area contributed by atoms with Crippen LogP contribution in [-0.4, -0.2) is 36.3 Å². The maximum atomic E-state index is 12.4. The summed E-state index contributed by atoms with van der Waals surface area (Å²) in [5.41, 5.74) is 5.67. The zero-order valence-corrected chi connectivity index (χ0v) is 13.3. The third kappa shape index (κ3) is 3.17. The summed E-state index contributed by atoms with van der Waals surface area (Å²) in [5.74, 6) is -0.472. The molecule has 0 aliphatic carbocycles. The fourth-order valence-corrected chi connectivity index (χ4v) is 3.98. The number of fused-ring (bicyclic) bond motifs is 1. The lowest BCUT2D eigenvalue weighted by atomic mass is 10.3. The van der Waals surface area contributed by atoms with Gasteiger partial charge in [-0.1, -0.05) is 6.92 Å². The first-order valence-corrected chi connectivity index (χ1v) is 8.74. The van der Waals surface area contributed by atoms with Gasteiger partial charge in [-0.3, -0.25) is 9.20 Å². The number of rotatable bonds is 6. The molecule has 4 N–H and O–H groups in total. The minimum Gasteiger partial charge on any atom is -0.381 e. The van der Waals surface area contributed by atoms with Crippen molar-refractivity contribution in [1.29, 1.82) is 0 Å². The predicted molar refractivity (Wildman–Crippen MR) is 80.6 cm³/mol. The molecule has 0 saturated heterocycles. The van der Waals surface area contributed by atoms with Crippen LogP contribution in [0.4, 0.5) is 5.82 Å². The van der Waals surface area contributed by atoms with Gasteiger partial charge in [0.15, 0.2) is 15.8 Å². The molecule has 21 heavy (non-hydrogen) atoms. The molecule has 1 atom stereocenters. The highest BCUT2D eigenvalue weighted by Crippen LogP contribution is 2.23. The number of nitrogens with zero attached hydrogens (tertiary/aromatic N) is 2. The van der Waals surface area contributed by atoms with E-state index < -0.39 is 16.1 Å². The van der Waals surface area contributed by atoms with Gasteiger partial charge in [0, 0.05) is 18.1 Å². The fraction of sp³-hybridized carbons (Fsp3) is 0.455. The molecule has 2 rings (SSSR count). The number of hydrogen-bond donors (Lipinski definition) is 3. The molecule has 0 radical (unpaired) electrons. The number of carbonyl (C=O) groups is 1. The van der Waals surface area contributed by atoms with Crippen LogP contribution in [0.15, 0.2) is 16.6 Å². The minimum absolute atomic E-state index is 0.0875. The quantitative estimate of drug-likeness (QED) is 0.697. The Kier molecular flexibility index (Phi) is 4.49. The summed E-state index contributed by atoms with van der Waals surface area (Å²) in [6.45, 7) is 3.88. The van der Waals surface area contributed by atoms with Gasteiger partial charge in [0.1, 0.15) is 0 Å². The number of nitrogens with one attached hydrogen (secondary N) is 2. The van der Waals surface area contributed by atoms with Gasteiger partial charge in [-0.05, 0) is 13.3 Å². The second-order valence-corrected chi connectivity index (χ2v) is 6.99. The van der Waals surface area contributed by atoms with Gasteiger partial charge >= 0.3 is 0 Å². The highest BCUT2D eigenvalue weighted by molar-refractivity contribution is 7.89. The van der Waals surface area contributed by atoms with E-state index in [1.165, 1.54) is 22.7 Å². The lowest BCUT2D eigenvalue weighted by Gasteiger charge is -2.13. The van der Waals surface area contributed by atoms with Gasteiger partial charge in [0.2, 0.25) is 5.91 Å². The van der Waals surface area contributed by atoms with Crippen molar-refractivity contribution in [2.45, 2.75) is 31.3 Å². The number of nitrogens with two attached hydrogens (primary N) is 1. The number of sulfonamides is 1. The van der Waals surface area contributed by atoms with E-state index in [1.807, 2.05) is 6.92 Å². The van der Waals surface area contributed by atoms with E-state index in [4.69, 9.17) is 5.73 Å². The second-order valence-electron chi connectivity index (χ2n) is 4.49. The summed E-state index contributed by atoms with van der Waals surface area (Å²) in [6.07, 6.45) is 2.34. The Balaban J connectivity index is 2.24. The monoisotopic (exact) mass is 331 g/mol. The molecule has 0 aliphatic heterocycles. The number of thiazole rings is 1. The van der Waals surface area contributed by atoms with Gasteiger partial charge in [0.05, 0.1) is 6.04 Å². The van der Waals surface area contributed by atoms with Gasteiger partial charge in [-0.15, -0.1) is 11.3 Å². The first-order valence-electron chi connectivity index (χ1n) is 6.38. The molecule has 0 aromatic carbocycles. The number of aromatic nitrogens is 2. The van der Waals surface area contributed by atoms with Crippen molar-refractivity contribution in [2.24, 2.45) is 0 Å². The second kappa shape index (κ2) is 6.00. The standard InChI is InChI=1S/C11H17N5O3S2/c1-3-4-13-9(17)7(2)15-21(18,19)10-8(12)14-11-16(10)5-6-20-11/h5-7,15H,3-4,12H2,1-2H3,(H,13,17). The van der Waals surface area contributed by atoms with Crippen LogP contribution in [0.25, 0.3) is 4.96 Å². The molecule has 0 saturated carbocycles. The number of carbonyl (C=O) groups excluding carboxylic acids is 1. The Morgan fingerprint density at radius 1 is 1.57 bits per heavy atom. The van der Waals surface area contributed by atoms with Crippen molar-refractivity contribution in [2.75, 3.05) is 12.3 Å². The van der Waals surface area contributed by atoms with Crippen LogP contribution in [0.2, 0.25) is 0 Å². The molecule has 8 nitrogen and oxygen atoms in total. The van der Waals surface area contributed by atoms with Crippen LogP contribution < -0.4 is 15.8 Å². The van der Waals surface area contributed by atoms with E-state index in [0.29, 0.717) is 11.5 Å². The average molecular weight is 331 g/mol. The summed E-state index contributed by atoms with van der Waals surface area (Å²) >= 11 is 1.28. The molecule has 0 bridgehead atoms. The Morgan fingerprint density at radius 3 is 2.95 bits per heavy atom. The Labute approximate surface area is 126 Å². The van der Waals surface area contributed by atoms with Crippen LogP contribution in [0.3, 0.4) is 0 Å². The SMILES string of the molecule is CCCNC(=O)C(C)NS(=O)(=O)c1c(N)nc2sccn12. The molecule has 2 aromatic rings. The fourth-order valence-electron chi connectivity index (χ4n) is 1.79. The molecule has 0 spiro atoms. The van der Waals surface area contributed by atoms with Crippen LogP contribution in [0.5, 0.6) is 0 Å². The van der Waals surface area contributed by atoms with Crippen LogP contribution in [0.1, 0.15) is 20.3 Å². The maximum Gasteiger partial charge on any atom is 0.261 e. The first-order chi connectivity index (χ1) is 9.86. The van der Waals surface area contributed by atoms with Crippen molar-refractivity contribution in [3.8, 4) is 0 Å². The maximum absolute atomic E-state index is 12.4. The number of imidazole rings is 1. The number of nitrogen functional groups attached to an aromatic ring is 1. The number of anilines is 1. The molecular formula is C11H17N5O3S2. The normalized spacial score (nSPS) is 13.4. The van der Waals surface area contributed by atoms with Crippen LogP contribution >= 0.6 is 11.3 Å². The van der Waals surface area contributed by atoms with E-state index in [2.05, 4.69) is 15.0 Å². The van der Waals surface area contributed by atoms with Crippen LogP contribution in [0, 0.1) is 0 Å². The molecule has 10 heteroatoms. The van der Waals surface area contributed by atoms with Gasteiger partial charge in [-0.2, -0.15) is 4.72 Å². The highest BCUT2D eigenvalue weighted by Gasteiger charge is 2.28. The topological polar surface area (TPSA) is 119 Å². The predicted octanol–water partition coefficient (Wildman–Crippen LogP) is 0.171. The molecular weight excluding hydrogens is 314 g/mol. The van der Waals surface area contributed by atoms with E-state index in [-0.39, 0.29) is 16.8 Å². The van der Waals surface area contributed by atoms with E-state index in [0.717, 1.165) is 6.42 Å². The summed E-state index contributed by atoms with van der Waals surface area (Å²) in [7, 11) is -3.94. The summed E-state index contributed by atoms with van der Waals surface area (Å²) in [6, 6.07) is -0.898. The van der Waals surface area contributed by atoms with Crippen molar-refractivity contribution in [1.82, 2.24) is 19.4 Å². The van der Waals surface area contributed by atoms with E-state index in [1.54, 1.807) is 11.6 Å². The smallest absolute Gasteiger partial charge is 0.261 e. The van der Waals surface area contributed by atoms with E-state index >= 15 is 0 Å². The van der Waals surface area contributed by atoms with Gasteiger partial charge in [-0.25, -0.2) is 13.4 Å². The van der Waals surface area contributed by atoms with Gasteiger partial charge < -0.3 is 11.1 Å². The van der Waals surface area contributed by atoms with Crippen molar-refractivity contribution in [3.05, 3.63) is 11.6 Å². The minimum atomic E-state index is -3.94. The third-order valence-electron chi connectivity index (χ3n) is 2.77. The Hall–Kier alpha value is -1.65. The Bertz CT molecular complexity index is 749. The van der Waals surface area contributed by atoms with Crippen molar-refractivity contribution >= 4 is 38.0 Å². The van der Waals surface area contributed by atoms with Crippen molar-refractivity contribution in [3.63, 3.8) is 0 Å². The first kappa shape index (κ1) is 15.7. The Morgan fingerprint density at radius 2 is 2.29 bits per heavy atom. The largest absolute Gasteiger partial charge is 0.381 e. The molecule has 1 unspecified atom stereocenters. The number of amides is 1. The zero-order chi connectivity index (χ0) is 15.6. The average Bonchev–Trinajstić information content (AvgIpc) is 2.94. The molecule has 2 aromatic heterocycles. The summed E-state index contributed by atoms with van der Waals surface area (Å²) < 4.78 is 28.5. The molecule has 1 amide bonds. The lowest BCUT2D eigenvalue weighted by molar-refractivity contribution is -0.122. The summed E-state index contributed by atoms with van der Waals surface area (Å²) in [5, 5.41) is 4.19.